The van der Waals surface area contributed by atoms with Crippen molar-refractivity contribution >= 4 is 38.9 Å². The minimum atomic E-state index is -4.09. The summed E-state index contributed by atoms with van der Waals surface area (Å²) in [5.41, 5.74) is 0.829. The van der Waals surface area contributed by atoms with Crippen LogP contribution < -0.4 is 19.5 Å². The highest BCUT2D eigenvalue weighted by molar-refractivity contribution is 7.92. The van der Waals surface area contributed by atoms with Gasteiger partial charge in [0.25, 0.3) is 15.9 Å². The first-order valence-electron chi connectivity index (χ1n) is 9.66. The molecule has 0 saturated heterocycles. The van der Waals surface area contributed by atoms with Crippen molar-refractivity contribution in [2.75, 3.05) is 17.1 Å². The number of para-hydroxylation sites is 1. The Balaban J connectivity index is 1.80. The second kappa shape index (κ2) is 10.3. The summed E-state index contributed by atoms with van der Waals surface area (Å²) in [5, 5.41) is 11.8. The number of ether oxygens (including phenoxy) is 2. The zero-order chi connectivity index (χ0) is 24.0. The van der Waals surface area contributed by atoms with Gasteiger partial charge in [0.1, 0.15) is 16.4 Å². The molecule has 0 radical (unpaired) electrons. The summed E-state index contributed by atoms with van der Waals surface area (Å²) < 4.78 is 39.2. The minimum Gasteiger partial charge on any atom is -0.495 e. The molecule has 1 unspecified atom stereocenters. The maximum atomic E-state index is 13.0. The van der Waals surface area contributed by atoms with Crippen molar-refractivity contribution in [3.8, 4) is 17.6 Å². The number of methoxy groups -OCH3 is 1. The highest BCUT2D eigenvalue weighted by atomic mass is 35.5. The normalized spacial score (nSPS) is 11.7. The lowest BCUT2D eigenvalue weighted by molar-refractivity contribution is -0.122. The molecule has 1 amide bonds. The van der Waals surface area contributed by atoms with Gasteiger partial charge in [0.2, 0.25) is 0 Å². The molecule has 170 valence electrons. The van der Waals surface area contributed by atoms with Crippen LogP contribution in [-0.2, 0) is 14.8 Å². The number of amides is 1. The number of halogens is 1. The molecule has 0 aliphatic rings. The average Bonchev–Trinajstić information content (AvgIpc) is 2.80. The van der Waals surface area contributed by atoms with Gasteiger partial charge in [0, 0.05) is 5.69 Å². The van der Waals surface area contributed by atoms with Gasteiger partial charge >= 0.3 is 0 Å². The number of hydrogen-bond donors (Lipinski definition) is 2. The summed E-state index contributed by atoms with van der Waals surface area (Å²) in [6, 6.07) is 19.0. The van der Waals surface area contributed by atoms with E-state index >= 15 is 0 Å². The number of nitrogens with zero attached hydrogens (tertiary/aromatic N) is 1. The van der Waals surface area contributed by atoms with Crippen LogP contribution in [0.5, 0.6) is 11.5 Å². The summed E-state index contributed by atoms with van der Waals surface area (Å²) in [6.45, 7) is 1.54. The number of nitriles is 1. The second-order valence-electron chi connectivity index (χ2n) is 6.84. The lowest BCUT2D eigenvalue weighted by atomic mass is 10.2. The van der Waals surface area contributed by atoms with Gasteiger partial charge in [-0.3, -0.25) is 9.52 Å². The van der Waals surface area contributed by atoms with Gasteiger partial charge in [0.05, 0.1) is 29.5 Å². The van der Waals surface area contributed by atoms with Gasteiger partial charge in [-0.15, -0.1) is 0 Å². The molecule has 3 rings (SSSR count). The topological polar surface area (TPSA) is 118 Å². The quantitative estimate of drug-likeness (QED) is 0.487. The molecule has 0 aliphatic heterocycles. The van der Waals surface area contributed by atoms with E-state index in [4.69, 9.17) is 26.3 Å². The zero-order valence-electron chi connectivity index (χ0n) is 17.7. The molecular weight excluding hydrogens is 466 g/mol. The Morgan fingerprint density at radius 1 is 1.09 bits per heavy atom. The molecule has 3 aromatic rings. The third-order valence-corrected chi connectivity index (χ3v) is 6.20. The largest absolute Gasteiger partial charge is 0.495 e. The molecule has 0 spiro atoms. The van der Waals surface area contributed by atoms with E-state index in [1.165, 1.54) is 44.4 Å². The highest BCUT2D eigenvalue weighted by Crippen LogP contribution is 2.31. The molecular formula is C23H20ClN3O5S. The van der Waals surface area contributed by atoms with E-state index in [1.54, 1.807) is 36.4 Å². The van der Waals surface area contributed by atoms with Crippen molar-refractivity contribution in [1.82, 2.24) is 0 Å². The van der Waals surface area contributed by atoms with Crippen LogP contribution >= 0.6 is 11.6 Å². The van der Waals surface area contributed by atoms with Crippen LogP contribution in [-0.4, -0.2) is 27.5 Å². The summed E-state index contributed by atoms with van der Waals surface area (Å²) >= 11 is 6.07. The molecule has 2 N–H and O–H groups in total. The molecule has 33 heavy (non-hydrogen) atoms. The van der Waals surface area contributed by atoms with Gasteiger partial charge in [-0.25, -0.2) is 8.42 Å². The lowest BCUT2D eigenvalue weighted by Crippen LogP contribution is -2.30. The van der Waals surface area contributed by atoms with Crippen LogP contribution in [0.3, 0.4) is 0 Å². The fourth-order valence-corrected chi connectivity index (χ4v) is 4.36. The molecule has 8 nitrogen and oxygen atoms in total. The number of nitrogens with one attached hydrogen (secondary N) is 2. The van der Waals surface area contributed by atoms with Crippen molar-refractivity contribution in [2.24, 2.45) is 0 Å². The lowest BCUT2D eigenvalue weighted by Gasteiger charge is -2.17. The first kappa shape index (κ1) is 23.9. The predicted octanol–water partition coefficient (Wildman–Crippen LogP) is 4.43. The van der Waals surface area contributed by atoms with E-state index < -0.39 is 22.0 Å². The van der Waals surface area contributed by atoms with Crippen molar-refractivity contribution in [3.05, 3.63) is 77.3 Å². The van der Waals surface area contributed by atoms with Gasteiger partial charge in [0.15, 0.2) is 6.10 Å². The number of carbonyl (C=O) groups is 1. The van der Waals surface area contributed by atoms with Gasteiger partial charge in [-0.2, -0.15) is 5.26 Å². The van der Waals surface area contributed by atoms with Crippen LogP contribution in [0.1, 0.15) is 12.5 Å². The zero-order valence-corrected chi connectivity index (χ0v) is 19.3. The molecule has 10 heteroatoms. The molecule has 1 atom stereocenters. The highest BCUT2D eigenvalue weighted by Gasteiger charge is 2.23. The number of carbonyl (C=O) groups excluding carboxylic acids is 1. The number of rotatable bonds is 8. The van der Waals surface area contributed by atoms with Crippen molar-refractivity contribution < 1.29 is 22.7 Å². The molecule has 0 heterocycles. The third-order valence-electron chi connectivity index (χ3n) is 4.48. The van der Waals surface area contributed by atoms with Crippen LogP contribution in [0, 0.1) is 11.3 Å². The Hall–Kier alpha value is -3.74. The Kier molecular flexibility index (Phi) is 7.43. The Labute approximate surface area is 196 Å². The fraction of sp³-hybridized carbons (Fsp3) is 0.130. The molecule has 0 fully saturated rings. The van der Waals surface area contributed by atoms with Gasteiger partial charge < -0.3 is 14.8 Å². The van der Waals surface area contributed by atoms with Crippen molar-refractivity contribution in [3.63, 3.8) is 0 Å². The maximum absolute atomic E-state index is 13.0. The monoisotopic (exact) mass is 485 g/mol. The Bertz CT molecular complexity index is 1320. The van der Waals surface area contributed by atoms with E-state index in [2.05, 4.69) is 10.0 Å². The smallest absolute Gasteiger partial charge is 0.265 e. The Morgan fingerprint density at radius 2 is 1.85 bits per heavy atom. The Morgan fingerprint density at radius 3 is 2.55 bits per heavy atom. The number of benzene rings is 3. The number of hydrogen-bond acceptors (Lipinski definition) is 6. The van der Waals surface area contributed by atoms with Crippen molar-refractivity contribution in [1.29, 1.82) is 5.26 Å². The SMILES string of the molecule is COc1ccc(NC(=O)C(C)Oc2cccc(C#N)c2)cc1S(=O)(=O)Nc1ccccc1Cl. The molecule has 0 aliphatic carbocycles. The van der Waals surface area contributed by atoms with E-state index in [-0.39, 0.29) is 27.0 Å². The first-order chi connectivity index (χ1) is 15.7. The molecule has 0 bridgehead atoms. The van der Waals surface area contributed by atoms with Gasteiger partial charge in [-0.05, 0) is 55.5 Å². The van der Waals surface area contributed by atoms with E-state index in [9.17, 15) is 13.2 Å². The molecule has 0 aromatic heterocycles. The van der Waals surface area contributed by atoms with Crippen LogP contribution in [0.25, 0.3) is 0 Å². The maximum Gasteiger partial charge on any atom is 0.265 e. The molecule has 0 saturated carbocycles. The summed E-state index contributed by atoms with van der Waals surface area (Å²) in [6.07, 6.45) is -0.914. The number of anilines is 2. The van der Waals surface area contributed by atoms with Crippen LogP contribution in [0.2, 0.25) is 5.02 Å². The summed E-state index contributed by atoms with van der Waals surface area (Å²) in [4.78, 5) is 12.4. The van der Waals surface area contributed by atoms with E-state index in [0.717, 1.165) is 0 Å². The standard InChI is InChI=1S/C23H20ClN3O5S/c1-15(32-18-7-5-6-16(12-18)14-25)23(28)26-17-10-11-21(31-2)22(13-17)33(29,30)27-20-9-4-3-8-19(20)24/h3-13,15,27H,1-2H3,(H,26,28). The van der Waals surface area contributed by atoms with Gasteiger partial charge in [-0.1, -0.05) is 29.8 Å². The predicted molar refractivity (Wildman–Crippen MR) is 125 cm³/mol. The van der Waals surface area contributed by atoms with Crippen molar-refractivity contribution in [2.45, 2.75) is 17.9 Å². The van der Waals surface area contributed by atoms with E-state index in [1.807, 2.05) is 6.07 Å². The first-order valence-corrected chi connectivity index (χ1v) is 11.5. The van der Waals surface area contributed by atoms with Crippen LogP contribution in [0.4, 0.5) is 11.4 Å². The summed E-state index contributed by atoms with van der Waals surface area (Å²) in [5.74, 6) is -0.0613. The fourth-order valence-electron chi connectivity index (χ4n) is 2.85. The van der Waals surface area contributed by atoms with E-state index in [0.29, 0.717) is 11.3 Å². The van der Waals surface area contributed by atoms with Crippen LogP contribution in [0.15, 0.2) is 71.6 Å². The number of sulfonamides is 1. The third kappa shape index (κ3) is 5.94. The minimum absolute atomic E-state index is 0.0881. The summed E-state index contributed by atoms with van der Waals surface area (Å²) in [7, 11) is -2.75. The molecule has 3 aromatic carbocycles. The average molecular weight is 486 g/mol. The second-order valence-corrected chi connectivity index (χ2v) is 8.90.